The summed E-state index contributed by atoms with van der Waals surface area (Å²) in [4.78, 5) is 0. The smallest absolute Gasteiger partial charge is 0.279 e. The molecule has 1 fully saturated rings. The first kappa shape index (κ1) is 20.8. The molecule has 3 rings (SSSR count). The lowest BCUT2D eigenvalue weighted by molar-refractivity contribution is -0.00125. The molecule has 0 unspecified atom stereocenters. The zero-order chi connectivity index (χ0) is 20.5. The highest BCUT2D eigenvalue weighted by molar-refractivity contribution is 7.87. The molecule has 1 aliphatic rings. The molecule has 152 valence electrons. The lowest BCUT2D eigenvalue weighted by atomic mass is 9.96. The molecule has 1 heterocycles. The molecular weight excluding hydrogens is 391 g/mol. The van der Waals surface area contributed by atoms with Crippen molar-refractivity contribution in [3.8, 4) is 11.1 Å². The van der Waals surface area contributed by atoms with Gasteiger partial charge in [-0.1, -0.05) is 48.5 Å². The second kappa shape index (κ2) is 7.82. The zero-order valence-electron chi connectivity index (χ0n) is 15.5. The molecule has 0 bridgehead atoms. The summed E-state index contributed by atoms with van der Waals surface area (Å²) in [5, 5.41) is 2.63. The molecule has 0 aromatic heterocycles. The van der Waals surface area contributed by atoms with Gasteiger partial charge in [0.1, 0.15) is 11.9 Å². The van der Waals surface area contributed by atoms with Crippen LogP contribution in [0.1, 0.15) is 5.56 Å². The Labute approximate surface area is 162 Å². The van der Waals surface area contributed by atoms with Crippen LogP contribution in [0.3, 0.4) is 0 Å². The summed E-state index contributed by atoms with van der Waals surface area (Å²) in [5.74, 6) is -3.79. The SMILES string of the molecule is CN(C)S(=O)(=O)N[C@@H]1[C@H](Cc2cccc(-c3ccccc3)c2F)NCC1(F)F. The van der Waals surface area contributed by atoms with Crippen LogP contribution < -0.4 is 10.0 Å². The average Bonchev–Trinajstić information content (AvgIpc) is 2.91. The third kappa shape index (κ3) is 4.22. The van der Waals surface area contributed by atoms with E-state index < -0.39 is 40.6 Å². The first-order valence-corrected chi connectivity index (χ1v) is 10.2. The molecule has 2 atom stereocenters. The summed E-state index contributed by atoms with van der Waals surface area (Å²) in [6.45, 7) is -0.682. The van der Waals surface area contributed by atoms with Gasteiger partial charge in [0.2, 0.25) is 0 Å². The zero-order valence-corrected chi connectivity index (χ0v) is 16.3. The standard InChI is InChI=1S/C19H22F3N3O2S/c1-25(2)28(26,27)24-18-16(23-12-19(18,21)22)11-14-9-6-10-15(17(14)20)13-7-4-3-5-8-13/h3-10,16,18,23-24H,11-12H2,1-2H3/t16-,18+/m0/s1. The van der Waals surface area contributed by atoms with E-state index in [1.165, 1.54) is 20.2 Å². The van der Waals surface area contributed by atoms with Gasteiger partial charge in [-0.2, -0.15) is 17.4 Å². The van der Waals surface area contributed by atoms with Crippen molar-refractivity contribution in [2.45, 2.75) is 24.4 Å². The number of benzene rings is 2. The molecular formula is C19H22F3N3O2S. The van der Waals surface area contributed by atoms with E-state index in [2.05, 4.69) is 5.32 Å². The molecule has 0 saturated carbocycles. The molecule has 2 aromatic rings. The second-order valence-corrected chi connectivity index (χ2v) is 8.90. The Kier molecular flexibility index (Phi) is 5.81. The summed E-state index contributed by atoms with van der Waals surface area (Å²) in [7, 11) is -1.57. The summed E-state index contributed by atoms with van der Waals surface area (Å²) >= 11 is 0. The predicted molar refractivity (Wildman–Crippen MR) is 102 cm³/mol. The van der Waals surface area contributed by atoms with Crippen molar-refractivity contribution >= 4 is 10.2 Å². The Balaban J connectivity index is 1.88. The molecule has 0 aliphatic carbocycles. The van der Waals surface area contributed by atoms with Crippen molar-refractivity contribution in [2.24, 2.45) is 0 Å². The Bertz CT molecular complexity index is 937. The van der Waals surface area contributed by atoms with Gasteiger partial charge in [-0.3, -0.25) is 0 Å². The van der Waals surface area contributed by atoms with Crippen LogP contribution in [0.5, 0.6) is 0 Å². The molecule has 9 heteroatoms. The normalized spacial score (nSPS) is 21.9. The van der Waals surface area contributed by atoms with Gasteiger partial charge in [0.25, 0.3) is 16.1 Å². The van der Waals surface area contributed by atoms with Gasteiger partial charge in [-0.25, -0.2) is 13.2 Å². The fourth-order valence-corrected chi connectivity index (χ4v) is 4.10. The number of nitrogens with zero attached hydrogens (tertiary/aromatic N) is 1. The van der Waals surface area contributed by atoms with Gasteiger partial charge in [0.05, 0.1) is 6.54 Å². The summed E-state index contributed by atoms with van der Waals surface area (Å²) in [5.41, 5.74) is 1.29. The molecule has 1 saturated heterocycles. The number of hydrogen-bond donors (Lipinski definition) is 2. The quantitative estimate of drug-likeness (QED) is 0.765. The minimum absolute atomic E-state index is 0.0806. The van der Waals surface area contributed by atoms with E-state index in [4.69, 9.17) is 0 Å². The van der Waals surface area contributed by atoms with Crippen LogP contribution in [0.4, 0.5) is 13.2 Å². The third-order valence-electron chi connectivity index (χ3n) is 4.82. The fraction of sp³-hybridized carbons (Fsp3) is 0.368. The Morgan fingerprint density at radius 1 is 1.14 bits per heavy atom. The highest BCUT2D eigenvalue weighted by Gasteiger charge is 2.51. The van der Waals surface area contributed by atoms with Crippen LogP contribution in [0.2, 0.25) is 0 Å². The molecule has 0 spiro atoms. The van der Waals surface area contributed by atoms with Gasteiger partial charge < -0.3 is 5.32 Å². The van der Waals surface area contributed by atoms with E-state index in [0.717, 1.165) is 4.31 Å². The maximum absolute atomic E-state index is 15.0. The number of rotatable bonds is 6. The van der Waals surface area contributed by atoms with Crippen LogP contribution in [0.15, 0.2) is 48.5 Å². The maximum atomic E-state index is 15.0. The van der Waals surface area contributed by atoms with Crippen molar-refractivity contribution in [1.82, 2.24) is 14.3 Å². The van der Waals surface area contributed by atoms with Crippen LogP contribution in [0, 0.1) is 5.82 Å². The number of alkyl halides is 2. The molecule has 28 heavy (non-hydrogen) atoms. The highest BCUT2D eigenvalue weighted by Crippen LogP contribution is 2.31. The first-order chi connectivity index (χ1) is 13.1. The molecule has 0 radical (unpaired) electrons. The Morgan fingerprint density at radius 2 is 1.82 bits per heavy atom. The van der Waals surface area contributed by atoms with Gasteiger partial charge in [-0.05, 0) is 17.5 Å². The summed E-state index contributed by atoms with van der Waals surface area (Å²) in [6.07, 6.45) is -0.0806. The van der Waals surface area contributed by atoms with E-state index in [1.54, 1.807) is 36.4 Å². The molecule has 0 amide bonds. The van der Waals surface area contributed by atoms with E-state index in [0.29, 0.717) is 11.1 Å². The summed E-state index contributed by atoms with van der Waals surface area (Å²) in [6, 6.07) is 11.1. The number of halogens is 3. The van der Waals surface area contributed by atoms with E-state index in [1.807, 2.05) is 10.8 Å². The van der Waals surface area contributed by atoms with E-state index >= 15 is 4.39 Å². The predicted octanol–water partition coefficient (Wildman–Crippen LogP) is 2.41. The Morgan fingerprint density at radius 3 is 2.46 bits per heavy atom. The molecule has 2 N–H and O–H groups in total. The van der Waals surface area contributed by atoms with Crippen LogP contribution in [-0.4, -0.2) is 51.4 Å². The van der Waals surface area contributed by atoms with Gasteiger partial charge in [0.15, 0.2) is 0 Å². The number of nitrogens with one attached hydrogen (secondary N) is 2. The van der Waals surface area contributed by atoms with Crippen molar-refractivity contribution in [1.29, 1.82) is 0 Å². The highest BCUT2D eigenvalue weighted by atomic mass is 32.2. The molecule has 1 aliphatic heterocycles. The average molecular weight is 413 g/mol. The third-order valence-corrected chi connectivity index (χ3v) is 6.33. The van der Waals surface area contributed by atoms with Crippen molar-refractivity contribution < 1.29 is 21.6 Å². The van der Waals surface area contributed by atoms with Gasteiger partial charge in [-0.15, -0.1) is 0 Å². The van der Waals surface area contributed by atoms with Crippen LogP contribution in [-0.2, 0) is 16.6 Å². The lowest BCUT2D eigenvalue weighted by Gasteiger charge is -2.26. The first-order valence-electron chi connectivity index (χ1n) is 8.75. The maximum Gasteiger partial charge on any atom is 0.279 e. The molecule has 5 nitrogen and oxygen atoms in total. The lowest BCUT2D eigenvalue weighted by Crippen LogP contribution is -2.54. The molecule has 2 aromatic carbocycles. The van der Waals surface area contributed by atoms with Crippen molar-refractivity contribution in [2.75, 3.05) is 20.6 Å². The minimum Gasteiger partial charge on any atom is -0.306 e. The topological polar surface area (TPSA) is 61.4 Å². The fourth-order valence-electron chi connectivity index (χ4n) is 3.23. The van der Waals surface area contributed by atoms with Crippen LogP contribution >= 0.6 is 0 Å². The minimum atomic E-state index is -4.07. The van der Waals surface area contributed by atoms with E-state index in [-0.39, 0.29) is 12.0 Å². The van der Waals surface area contributed by atoms with Crippen molar-refractivity contribution in [3.05, 3.63) is 59.9 Å². The van der Waals surface area contributed by atoms with E-state index in [9.17, 15) is 17.2 Å². The van der Waals surface area contributed by atoms with Crippen molar-refractivity contribution in [3.63, 3.8) is 0 Å². The van der Waals surface area contributed by atoms with Crippen LogP contribution in [0.25, 0.3) is 11.1 Å². The van der Waals surface area contributed by atoms with Gasteiger partial charge in [0, 0.05) is 25.7 Å². The Hall–Kier alpha value is -1.94. The largest absolute Gasteiger partial charge is 0.306 e. The second-order valence-electron chi connectivity index (χ2n) is 6.98. The number of hydrogen-bond acceptors (Lipinski definition) is 3. The summed E-state index contributed by atoms with van der Waals surface area (Å²) < 4.78 is 70.6. The monoisotopic (exact) mass is 413 g/mol. The van der Waals surface area contributed by atoms with Gasteiger partial charge >= 0.3 is 0 Å².